The Hall–Kier alpha value is -2.76. The molecule has 0 radical (unpaired) electrons. The zero-order chi connectivity index (χ0) is 20.7. The van der Waals surface area contributed by atoms with Gasteiger partial charge in [0.1, 0.15) is 18.1 Å². The van der Waals surface area contributed by atoms with Crippen molar-refractivity contribution in [2.24, 2.45) is 0 Å². The van der Waals surface area contributed by atoms with Gasteiger partial charge in [0.25, 0.3) is 0 Å². The molecule has 1 fully saturated rings. The number of hydrogen-bond donors (Lipinski definition) is 1. The first-order valence-electron chi connectivity index (χ1n) is 9.09. The Balaban J connectivity index is 1.73. The normalized spacial score (nSPS) is 21.8. The smallest absolute Gasteiger partial charge is 0.384 e. The molecule has 1 N–H and O–H groups in total. The van der Waals surface area contributed by atoms with E-state index in [0.717, 1.165) is 13.1 Å². The van der Waals surface area contributed by atoms with Crippen LogP contribution in [0.15, 0.2) is 15.3 Å². The first-order chi connectivity index (χ1) is 13.9. The maximum Gasteiger partial charge on any atom is 0.384 e. The van der Waals surface area contributed by atoms with Crippen molar-refractivity contribution in [1.29, 1.82) is 0 Å². The highest BCUT2D eigenvalue weighted by atomic mass is 19.1. The monoisotopic (exact) mass is 410 g/mol. The molecular weight excluding hydrogens is 391 g/mol. The number of morpholine rings is 1. The van der Waals surface area contributed by atoms with Gasteiger partial charge in [-0.05, 0) is 6.92 Å². The molecule has 0 saturated carbocycles. The molecule has 29 heavy (non-hydrogen) atoms. The summed E-state index contributed by atoms with van der Waals surface area (Å²) in [5, 5.41) is 21.6. The van der Waals surface area contributed by atoms with Crippen LogP contribution in [0.25, 0.3) is 11.0 Å². The number of rotatable bonds is 5. The van der Waals surface area contributed by atoms with Crippen molar-refractivity contribution < 1.29 is 33.0 Å². The van der Waals surface area contributed by atoms with E-state index in [9.17, 15) is 24.4 Å². The first kappa shape index (κ1) is 19.6. The summed E-state index contributed by atoms with van der Waals surface area (Å²) in [5.41, 5.74) is -1.51. The first-order valence-corrected chi connectivity index (χ1v) is 9.09. The maximum atomic E-state index is 14.2. The number of benzene rings is 1. The van der Waals surface area contributed by atoms with Crippen LogP contribution in [0.2, 0.25) is 0 Å². The molecule has 0 bridgehead atoms. The second-order valence-electron chi connectivity index (χ2n) is 6.86. The number of fused-ring (bicyclic) bond motifs is 3. The molecule has 4 rings (SSSR count). The van der Waals surface area contributed by atoms with E-state index in [4.69, 9.17) is 18.6 Å². The van der Waals surface area contributed by atoms with Gasteiger partial charge in [0, 0.05) is 31.3 Å². The standard InChI is InChI=1S/C18H19FN2O8/c1-9-12-10(27-7-4-20-2-5-26-6-3-20)8-11-13(15(22)17(28-11)21(24)25)16(12)29-18(23)14(9)19/h8,15,17,22H,2-7H2,1H3/t15-,17-/m0/s1. The van der Waals surface area contributed by atoms with Crippen LogP contribution in [0, 0.1) is 22.9 Å². The third-order valence-electron chi connectivity index (χ3n) is 5.11. The molecule has 0 spiro atoms. The average Bonchev–Trinajstić information content (AvgIpc) is 3.03. The molecule has 156 valence electrons. The molecule has 11 heteroatoms. The number of hydrogen-bond acceptors (Lipinski definition) is 9. The lowest BCUT2D eigenvalue weighted by atomic mass is 10.0. The van der Waals surface area contributed by atoms with Crippen LogP contribution in [0.1, 0.15) is 17.2 Å². The summed E-state index contributed by atoms with van der Waals surface area (Å²) in [6.45, 7) is 4.99. The van der Waals surface area contributed by atoms with E-state index in [1.807, 2.05) is 0 Å². The summed E-state index contributed by atoms with van der Waals surface area (Å²) in [7, 11) is 0. The number of ether oxygens (including phenoxy) is 3. The molecule has 3 heterocycles. The molecule has 1 aromatic heterocycles. The van der Waals surface area contributed by atoms with Gasteiger partial charge in [-0.15, -0.1) is 0 Å². The van der Waals surface area contributed by atoms with E-state index in [2.05, 4.69) is 4.90 Å². The second-order valence-corrected chi connectivity index (χ2v) is 6.86. The minimum absolute atomic E-state index is 0.0304. The average molecular weight is 410 g/mol. The van der Waals surface area contributed by atoms with Gasteiger partial charge in [0.15, 0.2) is 11.7 Å². The molecule has 10 nitrogen and oxygen atoms in total. The van der Waals surface area contributed by atoms with Crippen molar-refractivity contribution in [3.05, 3.63) is 43.5 Å². The van der Waals surface area contributed by atoms with E-state index < -0.39 is 28.7 Å². The van der Waals surface area contributed by atoms with Crippen LogP contribution < -0.4 is 15.1 Å². The molecule has 0 amide bonds. The van der Waals surface area contributed by atoms with Gasteiger partial charge in [-0.2, -0.15) is 4.39 Å². The molecule has 2 aromatic rings. The summed E-state index contributed by atoms with van der Waals surface area (Å²) < 4.78 is 35.6. The summed E-state index contributed by atoms with van der Waals surface area (Å²) in [6, 6.07) is 1.36. The minimum atomic E-state index is -1.76. The van der Waals surface area contributed by atoms with Crippen LogP contribution in [0.3, 0.4) is 0 Å². The van der Waals surface area contributed by atoms with E-state index in [0.29, 0.717) is 19.8 Å². The van der Waals surface area contributed by atoms with Gasteiger partial charge in [-0.3, -0.25) is 15.0 Å². The van der Waals surface area contributed by atoms with Crippen LogP contribution >= 0.6 is 0 Å². The van der Waals surface area contributed by atoms with E-state index >= 15 is 0 Å². The number of aliphatic hydroxyl groups is 1. The van der Waals surface area contributed by atoms with E-state index in [1.165, 1.54) is 13.0 Å². The lowest BCUT2D eigenvalue weighted by Crippen LogP contribution is -2.38. The Labute approximate surface area is 163 Å². The maximum absolute atomic E-state index is 14.2. The number of nitro groups is 1. The molecule has 1 aromatic carbocycles. The molecule has 2 atom stereocenters. The summed E-state index contributed by atoms with van der Waals surface area (Å²) >= 11 is 0. The number of aliphatic hydroxyl groups excluding tert-OH is 1. The Bertz CT molecular complexity index is 1020. The third-order valence-corrected chi connectivity index (χ3v) is 5.11. The van der Waals surface area contributed by atoms with Crippen molar-refractivity contribution in [2.45, 2.75) is 19.3 Å². The highest BCUT2D eigenvalue weighted by Gasteiger charge is 2.45. The van der Waals surface area contributed by atoms with Crippen LogP contribution in [-0.2, 0) is 4.74 Å². The van der Waals surface area contributed by atoms with Gasteiger partial charge in [0.2, 0.25) is 5.82 Å². The molecular formula is C18H19FN2O8. The topological polar surface area (TPSA) is 125 Å². The van der Waals surface area contributed by atoms with Crippen LogP contribution in [0.5, 0.6) is 11.5 Å². The zero-order valence-corrected chi connectivity index (χ0v) is 15.6. The Morgan fingerprint density at radius 2 is 2.14 bits per heavy atom. The Kier molecular flexibility index (Phi) is 5.11. The van der Waals surface area contributed by atoms with Gasteiger partial charge >= 0.3 is 11.9 Å². The van der Waals surface area contributed by atoms with Crippen LogP contribution in [-0.4, -0.2) is 60.6 Å². The fourth-order valence-electron chi connectivity index (χ4n) is 3.59. The number of halogens is 1. The van der Waals surface area contributed by atoms with Crippen LogP contribution in [0.4, 0.5) is 4.39 Å². The zero-order valence-electron chi connectivity index (χ0n) is 15.6. The van der Waals surface area contributed by atoms with Crippen molar-refractivity contribution in [3.8, 4) is 11.5 Å². The van der Waals surface area contributed by atoms with E-state index in [-0.39, 0.29) is 40.2 Å². The molecule has 0 unspecified atom stereocenters. The predicted molar refractivity (Wildman–Crippen MR) is 96.3 cm³/mol. The van der Waals surface area contributed by atoms with Gasteiger partial charge in [-0.25, -0.2) is 4.79 Å². The summed E-state index contributed by atoms with van der Waals surface area (Å²) in [6.07, 6.45) is -3.43. The Morgan fingerprint density at radius 3 is 2.83 bits per heavy atom. The van der Waals surface area contributed by atoms with Gasteiger partial charge in [-0.1, -0.05) is 0 Å². The van der Waals surface area contributed by atoms with E-state index in [1.54, 1.807) is 0 Å². The predicted octanol–water partition coefficient (Wildman–Crippen LogP) is 0.980. The van der Waals surface area contributed by atoms with Gasteiger partial charge < -0.3 is 23.7 Å². The molecule has 2 aliphatic heterocycles. The lowest BCUT2D eigenvalue weighted by Gasteiger charge is -2.26. The molecule has 2 aliphatic rings. The quantitative estimate of drug-likeness (QED) is 0.436. The lowest BCUT2D eigenvalue weighted by molar-refractivity contribution is -0.572. The summed E-state index contributed by atoms with van der Waals surface area (Å²) in [5.74, 6) is -0.972. The fraction of sp³-hybridized carbons (Fsp3) is 0.500. The van der Waals surface area contributed by atoms with Crippen molar-refractivity contribution in [2.75, 3.05) is 39.5 Å². The second kappa shape index (κ2) is 7.58. The molecule has 1 saturated heterocycles. The Morgan fingerprint density at radius 1 is 1.41 bits per heavy atom. The summed E-state index contributed by atoms with van der Waals surface area (Å²) in [4.78, 5) is 24.4. The number of aryl methyl sites for hydroxylation is 1. The SMILES string of the molecule is Cc1c(F)c(=O)oc2c3c(cc(OCCN4CCOCC4)c12)O[C@H]([N+](=O)[O-])[C@H]3O. The minimum Gasteiger partial charge on any atom is -0.491 e. The highest BCUT2D eigenvalue weighted by molar-refractivity contribution is 5.92. The molecule has 0 aliphatic carbocycles. The number of nitrogens with zero attached hydrogens (tertiary/aromatic N) is 2. The van der Waals surface area contributed by atoms with Gasteiger partial charge in [0.05, 0.1) is 29.1 Å². The van der Waals surface area contributed by atoms with Crippen molar-refractivity contribution in [3.63, 3.8) is 0 Å². The fourth-order valence-corrected chi connectivity index (χ4v) is 3.59. The van der Waals surface area contributed by atoms with Crippen molar-refractivity contribution >= 4 is 11.0 Å². The van der Waals surface area contributed by atoms with Crippen molar-refractivity contribution in [1.82, 2.24) is 4.90 Å². The third kappa shape index (κ3) is 3.41. The highest BCUT2D eigenvalue weighted by Crippen LogP contribution is 2.46. The largest absolute Gasteiger partial charge is 0.491 e.